The maximum Gasteiger partial charge on any atom is 0.286 e. The predicted octanol–water partition coefficient (Wildman–Crippen LogP) is 3.80. The van der Waals surface area contributed by atoms with Crippen molar-refractivity contribution < 1.29 is 9.18 Å². The Hall–Kier alpha value is -3.11. The largest absolute Gasteiger partial charge is 0.320 e. The van der Waals surface area contributed by atoms with E-state index in [4.69, 9.17) is 0 Å². The van der Waals surface area contributed by atoms with Crippen molar-refractivity contribution in [3.8, 4) is 5.69 Å². The van der Waals surface area contributed by atoms with E-state index in [2.05, 4.69) is 25.7 Å². The van der Waals surface area contributed by atoms with Crippen molar-refractivity contribution >= 4 is 34.7 Å². The van der Waals surface area contributed by atoms with Crippen LogP contribution in [0, 0.1) is 5.82 Å². The number of carbonyl (C=O) groups excluding carboxylic acids is 1. The highest BCUT2D eigenvalue weighted by Gasteiger charge is 2.15. The van der Waals surface area contributed by atoms with Gasteiger partial charge in [-0.05, 0) is 36.4 Å². The van der Waals surface area contributed by atoms with E-state index in [0.717, 1.165) is 10.8 Å². The molecule has 0 aliphatic carbocycles. The molecule has 0 fully saturated rings. The number of nitrogens with zero attached hydrogens (tertiary/aromatic N) is 5. The summed E-state index contributed by atoms with van der Waals surface area (Å²) in [6.07, 6.45) is 1.65. The Labute approximate surface area is 167 Å². The number of amides is 1. The number of carbonyl (C=O) groups is 1. The zero-order chi connectivity index (χ0) is 19.3. The highest BCUT2D eigenvalue weighted by Crippen LogP contribution is 2.25. The topological polar surface area (TPSA) is 85.6 Å². The number of nitrogens with one attached hydrogen (secondary N) is 1. The van der Waals surface area contributed by atoms with E-state index in [1.807, 2.05) is 34.9 Å². The Balaban J connectivity index is 1.40. The summed E-state index contributed by atoms with van der Waals surface area (Å²) >= 11 is 2.66. The summed E-state index contributed by atoms with van der Waals surface area (Å²) in [6.45, 7) is 0. The van der Waals surface area contributed by atoms with Gasteiger partial charge in [0.15, 0.2) is 5.16 Å². The molecule has 0 bridgehead atoms. The molecule has 1 N–H and O–H groups in total. The van der Waals surface area contributed by atoms with Crippen LogP contribution in [0.4, 0.5) is 10.1 Å². The SMILES string of the molecule is O=C(Nc1ccc(F)cc1)c1nnc(CSc2nncn2-c2ccccc2)s1. The molecule has 1 amide bonds. The number of benzene rings is 2. The van der Waals surface area contributed by atoms with Crippen molar-refractivity contribution in [3.05, 3.63) is 76.8 Å². The lowest BCUT2D eigenvalue weighted by Crippen LogP contribution is -2.11. The van der Waals surface area contributed by atoms with Crippen LogP contribution in [-0.4, -0.2) is 30.9 Å². The monoisotopic (exact) mass is 412 g/mol. The van der Waals surface area contributed by atoms with E-state index in [-0.39, 0.29) is 16.7 Å². The van der Waals surface area contributed by atoms with Gasteiger partial charge in [0, 0.05) is 11.4 Å². The van der Waals surface area contributed by atoms with E-state index >= 15 is 0 Å². The quantitative estimate of drug-likeness (QED) is 0.485. The molecule has 4 aromatic rings. The molecular weight excluding hydrogens is 399 g/mol. The first-order valence-corrected chi connectivity index (χ1v) is 9.97. The summed E-state index contributed by atoms with van der Waals surface area (Å²) in [5.74, 6) is -0.239. The van der Waals surface area contributed by atoms with Crippen molar-refractivity contribution in [2.24, 2.45) is 0 Å². The van der Waals surface area contributed by atoms with Gasteiger partial charge in [0.25, 0.3) is 5.91 Å². The van der Waals surface area contributed by atoms with Crippen LogP contribution in [0.3, 0.4) is 0 Å². The third-order valence-corrected chi connectivity index (χ3v) is 5.70. The molecule has 7 nitrogen and oxygen atoms in total. The number of halogens is 1. The molecule has 0 saturated carbocycles. The second-order valence-corrected chi connectivity index (χ2v) is 7.57. The molecule has 0 atom stereocenters. The fraction of sp³-hybridized carbons (Fsp3) is 0.0556. The Kier molecular flexibility index (Phi) is 5.40. The van der Waals surface area contributed by atoms with Crippen molar-refractivity contribution in [1.82, 2.24) is 25.0 Å². The number of hydrogen-bond donors (Lipinski definition) is 1. The molecule has 4 rings (SSSR count). The maximum absolute atomic E-state index is 12.9. The van der Waals surface area contributed by atoms with Crippen molar-refractivity contribution in [2.75, 3.05) is 5.32 Å². The van der Waals surface area contributed by atoms with Crippen LogP contribution < -0.4 is 5.32 Å². The summed E-state index contributed by atoms with van der Waals surface area (Å²) in [5.41, 5.74) is 1.46. The van der Waals surface area contributed by atoms with Gasteiger partial charge in [0.05, 0.1) is 5.75 Å². The van der Waals surface area contributed by atoms with E-state index < -0.39 is 0 Å². The van der Waals surface area contributed by atoms with Crippen molar-refractivity contribution in [3.63, 3.8) is 0 Å². The van der Waals surface area contributed by atoms with E-state index in [1.165, 1.54) is 47.4 Å². The van der Waals surface area contributed by atoms with Crippen LogP contribution in [0.2, 0.25) is 0 Å². The minimum atomic E-state index is -0.382. The number of aromatic nitrogens is 5. The minimum Gasteiger partial charge on any atom is -0.320 e. The Morgan fingerprint density at radius 2 is 1.86 bits per heavy atom. The number of para-hydroxylation sites is 1. The summed E-state index contributed by atoms with van der Waals surface area (Å²) < 4.78 is 14.8. The minimum absolute atomic E-state index is 0.240. The van der Waals surface area contributed by atoms with Crippen LogP contribution >= 0.6 is 23.1 Å². The van der Waals surface area contributed by atoms with Gasteiger partial charge in [-0.1, -0.05) is 41.3 Å². The second-order valence-electron chi connectivity index (χ2n) is 5.57. The lowest BCUT2D eigenvalue weighted by molar-refractivity contribution is 0.102. The molecule has 0 spiro atoms. The lowest BCUT2D eigenvalue weighted by atomic mass is 10.3. The fourth-order valence-electron chi connectivity index (χ4n) is 2.34. The summed E-state index contributed by atoms with van der Waals surface area (Å²) in [4.78, 5) is 12.3. The van der Waals surface area contributed by atoms with Crippen molar-refractivity contribution in [2.45, 2.75) is 10.9 Å². The van der Waals surface area contributed by atoms with Gasteiger partial charge in [-0.2, -0.15) is 0 Å². The van der Waals surface area contributed by atoms with Gasteiger partial charge < -0.3 is 5.32 Å². The molecule has 0 radical (unpaired) electrons. The van der Waals surface area contributed by atoms with Crippen LogP contribution in [0.25, 0.3) is 5.69 Å². The molecule has 28 heavy (non-hydrogen) atoms. The zero-order valence-electron chi connectivity index (χ0n) is 14.3. The molecule has 0 saturated heterocycles. The summed E-state index contributed by atoms with van der Waals surface area (Å²) in [5, 5.41) is 20.4. The number of hydrogen-bond acceptors (Lipinski definition) is 7. The molecule has 2 aromatic heterocycles. The maximum atomic E-state index is 12.9. The Morgan fingerprint density at radius 1 is 1.07 bits per heavy atom. The van der Waals surface area contributed by atoms with Gasteiger partial charge in [0.2, 0.25) is 5.01 Å². The van der Waals surface area contributed by atoms with E-state index in [0.29, 0.717) is 16.4 Å². The van der Waals surface area contributed by atoms with Gasteiger partial charge in [-0.25, -0.2) is 4.39 Å². The molecule has 10 heteroatoms. The lowest BCUT2D eigenvalue weighted by Gasteiger charge is -2.04. The van der Waals surface area contributed by atoms with Crippen LogP contribution in [0.15, 0.2) is 66.1 Å². The fourth-order valence-corrected chi connectivity index (χ4v) is 3.99. The molecule has 2 aromatic carbocycles. The first kappa shape index (κ1) is 18.3. The number of rotatable bonds is 6. The standard InChI is InChI=1S/C18H13FN6OS2/c19-12-6-8-13(9-7-12)21-16(26)17-23-22-15(28-17)10-27-18-24-20-11-25(18)14-4-2-1-3-5-14/h1-9,11H,10H2,(H,21,26). The average molecular weight is 412 g/mol. The Morgan fingerprint density at radius 3 is 2.64 bits per heavy atom. The van der Waals surface area contributed by atoms with Gasteiger partial charge in [-0.15, -0.1) is 20.4 Å². The van der Waals surface area contributed by atoms with Crippen LogP contribution in [0.1, 0.15) is 14.8 Å². The smallest absolute Gasteiger partial charge is 0.286 e. The number of thioether (sulfide) groups is 1. The predicted molar refractivity (Wildman–Crippen MR) is 105 cm³/mol. The van der Waals surface area contributed by atoms with Crippen LogP contribution in [0.5, 0.6) is 0 Å². The normalized spacial score (nSPS) is 10.8. The van der Waals surface area contributed by atoms with Gasteiger partial charge in [0.1, 0.15) is 17.2 Å². The molecule has 0 aliphatic rings. The Bertz CT molecular complexity index is 1080. The molecule has 2 heterocycles. The first-order chi connectivity index (χ1) is 13.7. The van der Waals surface area contributed by atoms with Crippen molar-refractivity contribution in [1.29, 1.82) is 0 Å². The van der Waals surface area contributed by atoms with E-state index in [9.17, 15) is 9.18 Å². The third kappa shape index (κ3) is 4.24. The molecule has 0 aliphatic heterocycles. The summed E-state index contributed by atoms with van der Waals surface area (Å²) in [7, 11) is 0. The van der Waals surface area contributed by atoms with Crippen LogP contribution in [-0.2, 0) is 5.75 Å². The van der Waals surface area contributed by atoms with Gasteiger partial charge >= 0.3 is 0 Å². The first-order valence-electron chi connectivity index (χ1n) is 8.16. The van der Waals surface area contributed by atoms with Gasteiger partial charge in [-0.3, -0.25) is 9.36 Å². The molecular formula is C18H13FN6OS2. The second kappa shape index (κ2) is 8.28. The third-order valence-electron chi connectivity index (χ3n) is 3.64. The number of anilines is 1. The highest BCUT2D eigenvalue weighted by molar-refractivity contribution is 7.98. The summed E-state index contributed by atoms with van der Waals surface area (Å²) in [6, 6.07) is 15.3. The molecule has 140 valence electrons. The molecule has 0 unspecified atom stereocenters. The average Bonchev–Trinajstić information content (AvgIpc) is 3.38. The van der Waals surface area contributed by atoms with E-state index in [1.54, 1.807) is 6.33 Å². The highest BCUT2D eigenvalue weighted by atomic mass is 32.2. The zero-order valence-corrected chi connectivity index (χ0v) is 16.0.